The lowest BCUT2D eigenvalue weighted by molar-refractivity contribution is -0.119. The molecular weight excluding hydrogens is 225 g/mol. The van der Waals surface area contributed by atoms with Crippen LogP contribution in [0.25, 0.3) is 0 Å². The molecule has 0 fully saturated rings. The molecule has 0 unspecified atom stereocenters. The fourth-order valence-corrected chi connectivity index (χ4v) is 1.25. The van der Waals surface area contributed by atoms with Crippen molar-refractivity contribution < 1.29 is 9.53 Å². The van der Waals surface area contributed by atoms with Crippen molar-refractivity contribution in [2.75, 3.05) is 19.0 Å². The molecule has 76 valence electrons. The average Bonchev–Trinajstić information content (AvgIpc) is 2.12. The predicted molar refractivity (Wildman–Crippen MR) is 57.0 cm³/mol. The summed E-state index contributed by atoms with van der Waals surface area (Å²) in [5.74, 6) is -0.267. The van der Waals surface area contributed by atoms with Crippen LogP contribution in [0.1, 0.15) is 0 Å². The third-order valence-corrected chi connectivity index (χ3v) is 2.04. The number of methoxy groups -OCH3 is 1. The summed E-state index contributed by atoms with van der Waals surface area (Å²) in [6, 6.07) is 4.85. The molecule has 1 aromatic carbocycles. The lowest BCUT2D eigenvalue weighted by Crippen LogP contribution is -2.17. The zero-order chi connectivity index (χ0) is 10.6. The maximum absolute atomic E-state index is 11.1. The summed E-state index contributed by atoms with van der Waals surface area (Å²) in [5.41, 5.74) is 0.487. The average molecular weight is 234 g/mol. The molecule has 0 bridgehead atoms. The van der Waals surface area contributed by atoms with Gasteiger partial charge < -0.3 is 10.1 Å². The van der Waals surface area contributed by atoms with Gasteiger partial charge in [0.25, 0.3) is 0 Å². The molecule has 0 radical (unpaired) electrons. The Morgan fingerprint density at radius 3 is 2.86 bits per heavy atom. The molecule has 0 saturated heterocycles. The highest BCUT2D eigenvalue weighted by atomic mass is 35.5. The normalized spacial score (nSPS) is 9.93. The van der Waals surface area contributed by atoms with Gasteiger partial charge in [-0.05, 0) is 18.2 Å². The molecule has 0 aliphatic carbocycles. The quantitative estimate of drug-likeness (QED) is 0.872. The largest absolute Gasteiger partial charge is 0.375 e. The molecule has 14 heavy (non-hydrogen) atoms. The van der Waals surface area contributed by atoms with Gasteiger partial charge in [-0.3, -0.25) is 4.79 Å². The second-order valence-electron chi connectivity index (χ2n) is 2.61. The molecule has 0 aromatic heterocycles. The van der Waals surface area contributed by atoms with Gasteiger partial charge in [-0.1, -0.05) is 23.2 Å². The number of carbonyl (C=O) groups is 1. The van der Waals surface area contributed by atoms with Crippen molar-refractivity contribution in [1.82, 2.24) is 0 Å². The number of anilines is 1. The molecule has 1 N–H and O–H groups in total. The molecule has 3 nitrogen and oxygen atoms in total. The van der Waals surface area contributed by atoms with Crippen LogP contribution in [0.3, 0.4) is 0 Å². The summed E-state index contributed by atoms with van der Waals surface area (Å²) in [6.07, 6.45) is 0. The summed E-state index contributed by atoms with van der Waals surface area (Å²) in [6.45, 7) is -0.0111. The molecule has 0 aliphatic rings. The molecule has 0 spiro atoms. The number of hydrogen-bond donors (Lipinski definition) is 1. The van der Waals surface area contributed by atoms with Crippen molar-refractivity contribution in [1.29, 1.82) is 0 Å². The number of benzene rings is 1. The van der Waals surface area contributed by atoms with E-state index in [0.717, 1.165) is 0 Å². The van der Waals surface area contributed by atoms with E-state index in [4.69, 9.17) is 23.2 Å². The van der Waals surface area contributed by atoms with Gasteiger partial charge in [-0.15, -0.1) is 0 Å². The van der Waals surface area contributed by atoms with Crippen molar-refractivity contribution in [2.24, 2.45) is 0 Å². The number of rotatable bonds is 3. The fourth-order valence-electron chi connectivity index (χ4n) is 0.911. The van der Waals surface area contributed by atoms with Crippen LogP contribution in [-0.4, -0.2) is 19.6 Å². The van der Waals surface area contributed by atoms with Crippen molar-refractivity contribution in [2.45, 2.75) is 0 Å². The Labute approximate surface area is 92.0 Å². The van der Waals surface area contributed by atoms with Crippen molar-refractivity contribution in [3.05, 3.63) is 28.2 Å². The zero-order valence-electron chi connectivity index (χ0n) is 7.51. The van der Waals surface area contributed by atoms with E-state index >= 15 is 0 Å². The lowest BCUT2D eigenvalue weighted by atomic mass is 10.3. The maximum Gasteiger partial charge on any atom is 0.250 e. The third-order valence-electron chi connectivity index (χ3n) is 1.48. The molecule has 0 saturated carbocycles. The Morgan fingerprint density at radius 2 is 2.21 bits per heavy atom. The number of carbonyl (C=O) groups excluding carboxylic acids is 1. The highest BCUT2D eigenvalue weighted by Gasteiger charge is 2.05. The van der Waals surface area contributed by atoms with Gasteiger partial charge in [0.05, 0.1) is 10.7 Å². The van der Waals surface area contributed by atoms with E-state index < -0.39 is 0 Å². The maximum atomic E-state index is 11.1. The monoisotopic (exact) mass is 233 g/mol. The Balaban J connectivity index is 2.75. The van der Waals surface area contributed by atoms with E-state index in [-0.39, 0.29) is 12.5 Å². The molecule has 1 rings (SSSR count). The van der Waals surface area contributed by atoms with E-state index in [1.807, 2.05) is 0 Å². The summed E-state index contributed by atoms with van der Waals surface area (Å²) < 4.78 is 4.66. The minimum atomic E-state index is -0.267. The van der Waals surface area contributed by atoms with Gasteiger partial charge in [0.15, 0.2) is 0 Å². The van der Waals surface area contributed by atoms with Gasteiger partial charge >= 0.3 is 0 Å². The van der Waals surface area contributed by atoms with Crippen LogP contribution in [-0.2, 0) is 9.53 Å². The zero-order valence-corrected chi connectivity index (χ0v) is 9.02. The van der Waals surface area contributed by atoms with Crippen molar-refractivity contribution in [3.8, 4) is 0 Å². The highest BCUT2D eigenvalue weighted by Crippen LogP contribution is 2.25. The topological polar surface area (TPSA) is 38.3 Å². The summed E-state index contributed by atoms with van der Waals surface area (Å²) in [5, 5.41) is 3.53. The minimum Gasteiger partial charge on any atom is -0.375 e. The second kappa shape index (κ2) is 5.20. The van der Waals surface area contributed by atoms with Crippen LogP contribution in [0.4, 0.5) is 5.69 Å². The Kier molecular flexibility index (Phi) is 4.20. The number of halogens is 2. The molecule has 1 aromatic rings. The van der Waals surface area contributed by atoms with Crippen molar-refractivity contribution in [3.63, 3.8) is 0 Å². The summed E-state index contributed by atoms with van der Waals surface area (Å²) in [7, 11) is 1.44. The van der Waals surface area contributed by atoms with E-state index in [1.165, 1.54) is 7.11 Å². The van der Waals surface area contributed by atoms with Gasteiger partial charge in [0, 0.05) is 12.1 Å². The second-order valence-corrected chi connectivity index (χ2v) is 3.45. The molecule has 0 aliphatic heterocycles. The first kappa shape index (κ1) is 11.3. The number of nitrogens with one attached hydrogen (secondary N) is 1. The van der Waals surface area contributed by atoms with Gasteiger partial charge in [0.1, 0.15) is 6.61 Å². The standard InChI is InChI=1S/C9H9Cl2NO2/c1-14-5-9(13)12-8-4-6(10)2-3-7(8)11/h2-4H,5H2,1H3,(H,12,13). The van der Waals surface area contributed by atoms with Crippen LogP contribution in [0.15, 0.2) is 18.2 Å². The lowest BCUT2D eigenvalue weighted by Gasteiger charge is -2.06. The summed E-state index contributed by atoms with van der Waals surface area (Å²) in [4.78, 5) is 11.1. The number of amides is 1. The smallest absolute Gasteiger partial charge is 0.250 e. The highest BCUT2D eigenvalue weighted by molar-refractivity contribution is 6.35. The molecule has 1 amide bonds. The van der Waals surface area contributed by atoms with E-state index in [1.54, 1.807) is 18.2 Å². The van der Waals surface area contributed by atoms with Gasteiger partial charge in [-0.25, -0.2) is 0 Å². The molecule has 0 heterocycles. The van der Waals surface area contributed by atoms with Crippen LogP contribution < -0.4 is 5.32 Å². The van der Waals surface area contributed by atoms with Crippen LogP contribution >= 0.6 is 23.2 Å². The Bertz CT molecular complexity index is 342. The predicted octanol–water partition coefficient (Wildman–Crippen LogP) is 2.58. The Hall–Kier alpha value is -0.770. The minimum absolute atomic E-state index is 0.0111. The van der Waals surface area contributed by atoms with E-state index in [9.17, 15) is 4.79 Å². The third kappa shape index (κ3) is 3.18. The molecular formula is C9H9Cl2NO2. The van der Waals surface area contributed by atoms with Crippen LogP contribution in [0.2, 0.25) is 10.0 Å². The first-order valence-corrected chi connectivity index (χ1v) is 4.63. The van der Waals surface area contributed by atoms with Crippen LogP contribution in [0, 0.1) is 0 Å². The number of hydrogen-bond acceptors (Lipinski definition) is 2. The van der Waals surface area contributed by atoms with Gasteiger partial charge in [-0.2, -0.15) is 0 Å². The first-order chi connectivity index (χ1) is 6.63. The van der Waals surface area contributed by atoms with E-state index in [2.05, 4.69) is 10.1 Å². The number of ether oxygens (including phenoxy) is 1. The fraction of sp³-hybridized carbons (Fsp3) is 0.222. The Morgan fingerprint density at radius 1 is 1.50 bits per heavy atom. The van der Waals surface area contributed by atoms with Gasteiger partial charge in [0.2, 0.25) is 5.91 Å². The summed E-state index contributed by atoms with van der Waals surface area (Å²) >= 11 is 11.6. The van der Waals surface area contributed by atoms with Crippen LogP contribution in [0.5, 0.6) is 0 Å². The first-order valence-electron chi connectivity index (χ1n) is 3.87. The van der Waals surface area contributed by atoms with Crippen molar-refractivity contribution >= 4 is 34.8 Å². The SMILES string of the molecule is COCC(=O)Nc1cc(Cl)ccc1Cl. The van der Waals surface area contributed by atoms with E-state index in [0.29, 0.717) is 15.7 Å². The molecule has 0 atom stereocenters. The molecule has 5 heteroatoms.